The number of benzene rings is 2. The van der Waals surface area contributed by atoms with Gasteiger partial charge in [-0.15, -0.1) is 0 Å². The third kappa shape index (κ3) is 8.06. The lowest BCUT2D eigenvalue weighted by atomic mass is 9.94. The van der Waals surface area contributed by atoms with Crippen LogP contribution in [-0.4, -0.2) is 54.6 Å². The molecule has 0 fully saturated rings. The fraction of sp³-hybridized carbons (Fsp3) is 0.429. The number of alkyl carbamates (subject to hydrolysis) is 1. The highest BCUT2D eigenvalue weighted by Crippen LogP contribution is 2.27. The molecule has 2 atom stereocenters. The van der Waals surface area contributed by atoms with Crippen LogP contribution in [0.2, 0.25) is 0 Å². The molecule has 9 heteroatoms. The molecule has 3 rings (SSSR count). The number of amides is 3. The van der Waals surface area contributed by atoms with E-state index in [0.717, 1.165) is 16.7 Å². The molecule has 9 nitrogen and oxygen atoms in total. The molecule has 2 N–H and O–H groups in total. The van der Waals surface area contributed by atoms with Crippen molar-refractivity contribution in [1.29, 1.82) is 0 Å². The number of nitrogens with one attached hydrogen (secondary N) is 2. The van der Waals surface area contributed by atoms with Crippen LogP contribution in [0.15, 0.2) is 48.5 Å². The second kappa shape index (κ2) is 11.9. The Labute approximate surface area is 217 Å². The van der Waals surface area contributed by atoms with Crippen LogP contribution in [0.4, 0.5) is 10.5 Å². The number of hydrogen-bond donors (Lipinski definition) is 2. The molecule has 0 saturated carbocycles. The zero-order valence-corrected chi connectivity index (χ0v) is 22.0. The van der Waals surface area contributed by atoms with Gasteiger partial charge in [-0.1, -0.05) is 36.4 Å². The lowest BCUT2D eigenvalue weighted by molar-refractivity contribution is -0.146. The Bertz CT molecular complexity index is 1140. The van der Waals surface area contributed by atoms with E-state index in [-0.39, 0.29) is 18.7 Å². The summed E-state index contributed by atoms with van der Waals surface area (Å²) >= 11 is 0. The molecule has 198 valence electrons. The number of nitrogens with zero attached hydrogens (tertiary/aromatic N) is 1. The van der Waals surface area contributed by atoms with E-state index >= 15 is 0 Å². The largest absolute Gasteiger partial charge is 0.469 e. The normalized spacial score (nSPS) is 16.2. The number of ether oxygens (including phenoxy) is 2. The van der Waals surface area contributed by atoms with Crippen molar-refractivity contribution < 1.29 is 28.7 Å². The van der Waals surface area contributed by atoms with Gasteiger partial charge in [0.05, 0.1) is 19.4 Å². The Morgan fingerprint density at radius 2 is 1.78 bits per heavy atom. The fourth-order valence-corrected chi connectivity index (χ4v) is 4.23. The summed E-state index contributed by atoms with van der Waals surface area (Å²) in [6.07, 6.45) is 0.0131. The molecule has 0 aliphatic carbocycles. The zero-order chi connectivity index (χ0) is 27.2. The van der Waals surface area contributed by atoms with Gasteiger partial charge in [0.25, 0.3) is 0 Å². The molecule has 1 aliphatic rings. The van der Waals surface area contributed by atoms with Gasteiger partial charge in [0.15, 0.2) is 0 Å². The molecule has 0 saturated heterocycles. The van der Waals surface area contributed by atoms with Gasteiger partial charge in [-0.3, -0.25) is 14.4 Å². The highest BCUT2D eigenvalue weighted by molar-refractivity contribution is 5.97. The van der Waals surface area contributed by atoms with Crippen molar-refractivity contribution in [3.05, 3.63) is 65.2 Å². The number of rotatable bonds is 7. The number of carbonyl (C=O) groups is 4. The molecular weight excluding hydrogens is 474 g/mol. The van der Waals surface area contributed by atoms with Crippen LogP contribution in [-0.2, 0) is 43.2 Å². The molecule has 2 aromatic rings. The summed E-state index contributed by atoms with van der Waals surface area (Å²) in [6.45, 7) is 5.61. The molecule has 0 bridgehead atoms. The van der Waals surface area contributed by atoms with E-state index < -0.39 is 35.5 Å². The summed E-state index contributed by atoms with van der Waals surface area (Å²) in [5, 5.41) is 5.58. The van der Waals surface area contributed by atoms with Gasteiger partial charge in [0.2, 0.25) is 11.8 Å². The third-order valence-electron chi connectivity index (χ3n) is 6.00. The van der Waals surface area contributed by atoms with Gasteiger partial charge in [0, 0.05) is 25.7 Å². The second-order valence-electron chi connectivity index (χ2n) is 10.2. The van der Waals surface area contributed by atoms with Crippen molar-refractivity contribution in [2.75, 3.05) is 19.5 Å². The van der Waals surface area contributed by atoms with Crippen LogP contribution in [0.3, 0.4) is 0 Å². The van der Waals surface area contributed by atoms with Crippen molar-refractivity contribution in [3.63, 3.8) is 0 Å². The lowest BCUT2D eigenvalue weighted by Crippen LogP contribution is -2.47. The Morgan fingerprint density at radius 3 is 2.43 bits per heavy atom. The standard InChI is InChI=1S/C28H35N3O6/c1-28(2,3)37-27(35)30-23(13-18-9-7-6-8-10-18)25(33)29-22-12-11-19-14-20(16-24(32)36-5)26(34)31(4)17-21(19)15-22/h6-12,15,20,23H,13-14,16-17H2,1-5H3,(H,29,33)(H,30,35)/t20?,23-/m0/s1. The number of anilines is 1. The highest BCUT2D eigenvalue weighted by Gasteiger charge is 2.30. The van der Waals surface area contributed by atoms with E-state index in [1.807, 2.05) is 42.5 Å². The van der Waals surface area contributed by atoms with Crippen LogP contribution in [0.1, 0.15) is 43.9 Å². The van der Waals surface area contributed by atoms with E-state index in [2.05, 4.69) is 10.6 Å². The molecule has 37 heavy (non-hydrogen) atoms. The van der Waals surface area contributed by atoms with Gasteiger partial charge in [-0.25, -0.2) is 4.79 Å². The smallest absolute Gasteiger partial charge is 0.408 e. The molecule has 0 radical (unpaired) electrons. The van der Waals surface area contributed by atoms with Crippen LogP contribution >= 0.6 is 0 Å². The quantitative estimate of drug-likeness (QED) is 0.553. The fourth-order valence-electron chi connectivity index (χ4n) is 4.23. The minimum Gasteiger partial charge on any atom is -0.469 e. The third-order valence-corrected chi connectivity index (χ3v) is 6.00. The number of fused-ring (bicyclic) bond motifs is 1. The number of hydrogen-bond acceptors (Lipinski definition) is 6. The van der Waals surface area contributed by atoms with Gasteiger partial charge in [-0.2, -0.15) is 0 Å². The van der Waals surface area contributed by atoms with Crippen molar-refractivity contribution in [3.8, 4) is 0 Å². The summed E-state index contributed by atoms with van der Waals surface area (Å²) in [4.78, 5) is 51.9. The minimum atomic E-state index is -0.871. The number of methoxy groups -OCH3 is 1. The first-order valence-electron chi connectivity index (χ1n) is 12.2. The Hall–Kier alpha value is -3.88. The van der Waals surface area contributed by atoms with Crippen molar-refractivity contribution >= 4 is 29.6 Å². The summed E-state index contributed by atoms with van der Waals surface area (Å²) in [7, 11) is 2.99. The first-order chi connectivity index (χ1) is 17.4. The maximum Gasteiger partial charge on any atom is 0.408 e. The SMILES string of the molecule is COC(=O)CC1Cc2ccc(NC(=O)[C@H](Cc3ccccc3)NC(=O)OC(C)(C)C)cc2CN(C)C1=O. The van der Waals surface area contributed by atoms with Crippen molar-refractivity contribution in [2.24, 2.45) is 5.92 Å². The summed E-state index contributed by atoms with van der Waals surface area (Å²) in [6, 6.07) is 14.0. The number of carbonyl (C=O) groups excluding carboxylic acids is 4. The van der Waals surface area contributed by atoms with E-state index in [9.17, 15) is 19.2 Å². The Balaban J connectivity index is 1.78. The highest BCUT2D eigenvalue weighted by atomic mass is 16.6. The molecule has 0 spiro atoms. The first-order valence-corrected chi connectivity index (χ1v) is 12.2. The average molecular weight is 510 g/mol. The van der Waals surface area contributed by atoms with Gasteiger partial charge in [0.1, 0.15) is 11.6 Å². The molecule has 0 aromatic heterocycles. The molecule has 1 unspecified atom stereocenters. The number of esters is 1. The van der Waals surface area contributed by atoms with Gasteiger partial charge in [-0.05, 0) is 56.0 Å². The summed E-state index contributed by atoms with van der Waals surface area (Å²) < 4.78 is 10.1. The maximum absolute atomic E-state index is 13.3. The van der Waals surface area contributed by atoms with E-state index in [0.29, 0.717) is 18.7 Å². The van der Waals surface area contributed by atoms with Crippen molar-refractivity contribution in [1.82, 2.24) is 10.2 Å². The molecule has 3 amide bonds. The predicted octanol–water partition coefficient (Wildman–Crippen LogP) is 3.45. The monoisotopic (exact) mass is 509 g/mol. The topological polar surface area (TPSA) is 114 Å². The Morgan fingerprint density at radius 1 is 1.08 bits per heavy atom. The Kier molecular flexibility index (Phi) is 8.91. The zero-order valence-electron chi connectivity index (χ0n) is 22.0. The van der Waals surface area contributed by atoms with Crippen LogP contribution in [0.5, 0.6) is 0 Å². The predicted molar refractivity (Wildman–Crippen MR) is 139 cm³/mol. The summed E-state index contributed by atoms with van der Waals surface area (Å²) in [5.74, 6) is -1.46. The summed E-state index contributed by atoms with van der Waals surface area (Å²) in [5.41, 5.74) is 2.53. The molecular formula is C28H35N3O6. The minimum absolute atomic E-state index is 0.00903. The lowest BCUT2D eigenvalue weighted by Gasteiger charge is -2.23. The van der Waals surface area contributed by atoms with Gasteiger partial charge >= 0.3 is 12.1 Å². The van der Waals surface area contributed by atoms with Crippen LogP contribution < -0.4 is 10.6 Å². The van der Waals surface area contributed by atoms with Gasteiger partial charge < -0.3 is 25.0 Å². The second-order valence-corrected chi connectivity index (χ2v) is 10.2. The molecule has 2 aromatic carbocycles. The first kappa shape index (κ1) is 27.7. The van der Waals surface area contributed by atoms with Crippen molar-refractivity contribution in [2.45, 2.75) is 58.2 Å². The van der Waals surface area contributed by atoms with Crippen LogP contribution in [0.25, 0.3) is 0 Å². The van der Waals surface area contributed by atoms with Crippen LogP contribution in [0, 0.1) is 5.92 Å². The average Bonchev–Trinajstić information content (AvgIpc) is 2.94. The maximum atomic E-state index is 13.3. The molecule has 1 aliphatic heterocycles. The molecule has 1 heterocycles. The van der Waals surface area contributed by atoms with E-state index in [4.69, 9.17) is 9.47 Å². The van der Waals surface area contributed by atoms with E-state index in [1.54, 1.807) is 38.8 Å². The van der Waals surface area contributed by atoms with E-state index in [1.165, 1.54) is 7.11 Å².